The monoisotopic (exact) mass is 304 g/mol. The lowest BCUT2D eigenvalue weighted by molar-refractivity contribution is -0.759. The fourth-order valence-electron chi connectivity index (χ4n) is 1.56. The average molecular weight is 305 g/mol. The van der Waals surface area contributed by atoms with Crippen molar-refractivity contribution < 1.29 is 24.7 Å². The van der Waals surface area contributed by atoms with E-state index < -0.39 is 33.7 Å². The van der Waals surface area contributed by atoms with E-state index in [1.165, 1.54) is 6.07 Å². The number of nitro groups is 1. The number of hydrogen-bond acceptors (Lipinski definition) is 6. The van der Waals surface area contributed by atoms with Gasteiger partial charge in [0.1, 0.15) is 12.0 Å². The molecule has 20 heavy (non-hydrogen) atoms. The fourth-order valence-corrected chi connectivity index (χ4v) is 1.73. The molecule has 1 unspecified atom stereocenters. The van der Waals surface area contributed by atoms with Gasteiger partial charge in [-0.05, 0) is 19.1 Å². The quantitative estimate of drug-likeness (QED) is 0.625. The van der Waals surface area contributed by atoms with Crippen LogP contribution >= 0.6 is 11.6 Å². The van der Waals surface area contributed by atoms with Gasteiger partial charge in [0, 0.05) is 16.7 Å². The highest BCUT2D eigenvalue weighted by atomic mass is 35.5. The smallest absolute Gasteiger partial charge is 0.316 e. The molecule has 108 valence electrons. The zero-order chi connectivity index (χ0) is 15.5. The van der Waals surface area contributed by atoms with Gasteiger partial charge in [-0.25, -0.2) is 0 Å². The molecular weight excluding hydrogens is 296 g/mol. The summed E-state index contributed by atoms with van der Waals surface area (Å²) in [5, 5.41) is 29.3. The number of benzene rings is 1. The molecule has 0 bridgehead atoms. The number of carbonyl (C=O) groups is 1. The van der Waals surface area contributed by atoms with Gasteiger partial charge in [0.2, 0.25) is 0 Å². The number of rotatable bonds is 6. The molecule has 1 rings (SSSR count). The number of halogens is 1. The molecule has 9 nitrogen and oxygen atoms in total. The van der Waals surface area contributed by atoms with Crippen LogP contribution in [0.1, 0.15) is 12.5 Å². The van der Waals surface area contributed by atoms with Gasteiger partial charge in [-0.2, -0.15) is 0 Å². The summed E-state index contributed by atoms with van der Waals surface area (Å²) in [5.41, 5.74) is -2.74. The normalized spacial score (nSPS) is 13.3. The van der Waals surface area contributed by atoms with E-state index in [1.807, 2.05) is 0 Å². The van der Waals surface area contributed by atoms with Crippen LogP contribution in [0, 0.1) is 20.2 Å². The van der Waals surface area contributed by atoms with Crippen LogP contribution in [0.4, 0.5) is 5.69 Å². The predicted octanol–water partition coefficient (Wildman–Crippen LogP) is 1.80. The van der Waals surface area contributed by atoms with Gasteiger partial charge in [0.05, 0.1) is 4.92 Å². The molecule has 1 aromatic carbocycles. The van der Waals surface area contributed by atoms with Crippen molar-refractivity contribution in [3.8, 4) is 0 Å². The van der Waals surface area contributed by atoms with Crippen molar-refractivity contribution in [2.24, 2.45) is 0 Å². The molecule has 10 heteroatoms. The standard InChI is InChI=1S/C10H9ClN2O7/c1-10(9(14)15,5-20-13(18)19)7-3-2-6(11)4-8(7)12(16)17/h2-4H,5H2,1H3,(H,14,15). The summed E-state index contributed by atoms with van der Waals surface area (Å²) in [6.45, 7) is 0.229. The Hall–Kier alpha value is -2.42. The highest BCUT2D eigenvalue weighted by molar-refractivity contribution is 6.30. The molecule has 0 aliphatic heterocycles. The van der Waals surface area contributed by atoms with E-state index in [-0.39, 0.29) is 10.6 Å². The second-order valence-corrected chi connectivity index (χ2v) is 4.49. The Labute approximate surface area is 117 Å². The van der Waals surface area contributed by atoms with Crippen molar-refractivity contribution in [3.05, 3.63) is 49.0 Å². The number of hydrogen-bond donors (Lipinski definition) is 1. The van der Waals surface area contributed by atoms with Gasteiger partial charge >= 0.3 is 5.97 Å². The van der Waals surface area contributed by atoms with Gasteiger partial charge < -0.3 is 9.94 Å². The molecule has 0 spiro atoms. The van der Waals surface area contributed by atoms with Crippen molar-refractivity contribution in [2.45, 2.75) is 12.3 Å². The predicted molar refractivity (Wildman–Crippen MR) is 66.0 cm³/mol. The zero-order valence-corrected chi connectivity index (χ0v) is 10.9. The lowest BCUT2D eigenvalue weighted by atomic mass is 9.82. The van der Waals surface area contributed by atoms with E-state index in [1.54, 1.807) is 0 Å². The molecule has 1 N–H and O–H groups in total. The molecule has 0 saturated heterocycles. The number of aliphatic carboxylic acids is 1. The van der Waals surface area contributed by atoms with Crippen molar-refractivity contribution in [1.82, 2.24) is 0 Å². The van der Waals surface area contributed by atoms with Gasteiger partial charge in [0.25, 0.3) is 10.8 Å². The molecular formula is C10H9ClN2O7. The average Bonchev–Trinajstić information content (AvgIpc) is 2.35. The Balaban J connectivity index is 3.38. The van der Waals surface area contributed by atoms with E-state index in [2.05, 4.69) is 4.84 Å². The van der Waals surface area contributed by atoms with Gasteiger partial charge in [0.15, 0.2) is 0 Å². The van der Waals surface area contributed by atoms with Crippen LogP contribution < -0.4 is 0 Å². The van der Waals surface area contributed by atoms with E-state index >= 15 is 0 Å². The van der Waals surface area contributed by atoms with Crippen LogP contribution in [0.3, 0.4) is 0 Å². The third-order valence-electron chi connectivity index (χ3n) is 2.68. The molecule has 0 aromatic heterocycles. The summed E-state index contributed by atoms with van der Waals surface area (Å²) >= 11 is 5.63. The van der Waals surface area contributed by atoms with E-state index in [9.17, 15) is 30.1 Å². The van der Waals surface area contributed by atoms with Crippen molar-refractivity contribution in [3.63, 3.8) is 0 Å². The van der Waals surface area contributed by atoms with Crippen LogP contribution in [0.15, 0.2) is 18.2 Å². The lowest BCUT2D eigenvalue weighted by Crippen LogP contribution is -2.38. The molecule has 0 fully saturated rings. The van der Waals surface area contributed by atoms with Crippen molar-refractivity contribution in [2.75, 3.05) is 6.61 Å². The summed E-state index contributed by atoms with van der Waals surface area (Å²) in [5.74, 6) is -1.50. The Bertz CT molecular complexity index is 577. The molecule has 1 aromatic rings. The molecule has 0 heterocycles. The fraction of sp³-hybridized carbons (Fsp3) is 0.300. The van der Waals surface area contributed by atoms with Crippen molar-refractivity contribution >= 4 is 23.3 Å². The zero-order valence-electron chi connectivity index (χ0n) is 10.1. The Morgan fingerprint density at radius 3 is 2.50 bits per heavy atom. The van der Waals surface area contributed by atoms with Crippen molar-refractivity contribution in [1.29, 1.82) is 0 Å². The van der Waals surface area contributed by atoms with Crippen LogP contribution in [0.5, 0.6) is 0 Å². The first kappa shape index (κ1) is 15.6. The molecule has 0 saturated carbocycles. The third kappa shape index (κ3) is 3.12. The molecule has 1 atom stereocenters. The summed E-state index contributed by atoms with van der Waals surface area (Å²) < 4.78 is 0. The summed E-state index contributed by atoms with van der Waals surface area (Å²) in [4.78, 5) is 35.8. The maximum absolute atomic E-state index is 11.3. The molecule has 0 aliphatic carbocycles. The summed E-state index contributed by atoms with van der Waals surface area (Å²) in [6.07, 6.45) is 0. The second kappa shape index (κ2) is 5.70. The Kier molecular flexibility index (Phi) is 4.45. The highest BCUT2D eigenvalue weighted by Crippen LogP contribution is 2.34. The minimum atomic E-state index is -1.96. The van der Waals surface area contributed by atoms with Crippen LogP contribution in [-0.2, 0) is 15.0 Å². The first-order valence-corrected chi connectivity index (χ1v) is 5.51. The van der Waals surface area contributed by atoms with Crippen LogP contribution in [-0.4, -0.2) is 27.7 Å². The van der Waals surface area contributed by atoms with E-state index in [0.717, 1.165) is 19.1 Å². The maximum Gasteiger partial charge on any atom is 0.316 e. The highest BCUT2D eigenvalue weighted by Gasteiger charge is 2.41. The van der Waals surface area contributed by atoms with Gasteiger partial charge in [-0.15, -0.1) is 10.1 Å². The maximum atomic E-state index is 11.3. The topological polar surface area (TPSA) is 133 Å². The van der Waals surface area contributed by atoms with E-state index in [0.29, 0.717) is 0 Å². The first-order chi connectivity index (χ1) is 9.18. The third-order valence-corrected chi connectivity index (χ3v) is 2.92. The molecule has 0 amide bonds. The van der Waals surface area contributed by atoms with Crippen LogP contribution in [0.2, 0.25) is 5.02 Å². The second-order valence-electron chi connectivity index (χ2n) is 4.05. The SMILES string of the molecule is CC(CO[N+](=O)[O-])(C(=O)O)c1ccc(Cl)cc1[N+](=O)[O-]. The number of nitrogens with zero attached hydrogens (tertiary/aromatic N) is 2. The molecule has 0 radical (unpaired) electrons. The number of nitro benzene ring substituents is 1. The summed E-state index contributed by atoms with van der Waals surface area (Å²) in [7, 11) is 0. The van der Waals surface area contributed by atoms with Crippen LogP contribution in [0.25, 0.3) is 0 Å². The lowest BCUT2D eigenvalue weighted by Gasteiger charge is -2.23. The van der Waals surface area contributed by atoms with Gasteiger partial charge in [-0.1, -0.05) is 11.6 Å². The number of carboxylic acids is 1. The minimum Gasteiger partial charge on any atom is -0.481 e. The van der Waals surface area contributed by atoms with Gasteiger partial charge in [-0.3, -0.25) is 14.9 Å². The molecule has 0 aliphatic rings. The largest absolute Gasteiger partial charge is 0.481 e. The Morgan fingerprint density at radius 2 is 2.05 bits per heavy atom. The minimum absolute atomic E-state index is 0.0448. The number of carboxylic acid groups (broad SMARTS) is 1. The van der Waals surface area contributed by atoms with E-state index in [4.69, 9.17) is 11.6 Å². The first-order valence-electron chi connectivity index (χ1n) is 5.13. The Morgan fingerprint density at radius 1 is 1.45 bits per heavy atom. The summed E-state index contributed by atoms with van der Waals surface area (Å²) in [6, 6.07) is 3.37.